The molecule has 3 heterocycles. The van der Waals surface area contributed by atoms with Gasteiger partial charge in [-0.2, -0.15) is 4.31 Å². The van der Waals surface area contributed by atoms with Crippen LogP contribution in [0.3, 0.4) is 0 Å². The van der Waals surface area contributed by atoms with Crippen LogP contribution in [0.25, 0.3) is 0 Å². The van der Waals surface area contributed by atoms with E-state index in [0.717, 1.165) is 0 Å². The fraction of sp³-hybridized carbons (Fsp3) is 0.684. The number of carbonyl (C=O) groups excluding carboxylic acids is 2. The van der Waals surface area contributed by atoms with Crippen molar-refractivity contribution in [1.29, 1.82) is 0 Å². The molecule has 162 valence electrons. The number of hydrogen-bond donors (Lipinski definition) is 0. The minimum Gasteiger partial charge on any atom is -0.460 e. The number of nitrogens with zero attached hydrogens (tertiary/aromatic N) is 2. The third-order valence-electron chi connectivity index (χ3n) is 5.37. The number of amides is 1. The number of ether oxygens (including phenoxy) is 2. The Morgan fingerprint density at radius 2 is 1.90 bits per heavy atom. The van der Waals surface area contributed by atoms with Crippen molar-refractivity contribution >= 4 is 21.9 Å². The maximum Gasteiger partial charge on any atom is 0.374 e. The van der Waals surface area contributed by atoms with Gasteiger partial charge in [0.15, 0.2) is 0 Å². The minimum atomic E-state index is -3.87. The minimum absolute atomic E-state index is 0.0537. The van der Waals surface area contributed by atoms with Gasteiger partial charge in [0.25, 0.3) is 10.0 Å². The fourth-order valence-corrected chi connectivity index (χ4v) is 5.11. The summed E-state index contributed by atoms with van der Waals surface area (Å²) in [5.41, 5.74) is -0.365. The first-order valence-corrected chi connectivity index (χ1v) is 11.3. The predicted molar refractivity (Wildman–Crippen MR) is 103 cm³/mol. The van der Waals surface area contributed by atoms with Crippen molar-refractivity contribution in [1.82, 2.24) is 9.21 Å². The molecule has 9 nitrogen and oxygen atoms in total. The summed E-state index contributed by atoms with van der Waals surface area (Å²) in [7, 11) is -3.87. The molecule has 2 aliphatic heterocycles. The van der Waals surface area contributed by atoms with Crippen LogP contribution in [0.15, 0.2) is 21.6 Å². The Kier molecular flexibility index (Phi) is 6.35. The molecule has 0 unspecified atom stereocenters. The molecule has 2 aliphatic rings. The first-order chi connectivity index (χ1) is 13.7. The van der Waals surface area contributed by atoms with Crippen molar-refractivity contribution in [3.8, 4) is 0 Å². The average molecular weight is 429 g/mol. The second-order valence-electron chi connectivity index (χ2n) is 7.87. The van der Waals surface area contributed by atoms with Gasteiger partial charge < -0.3 is 18.8 Å². The van der Waals surface area contributed by atoms with Gasteiger partial charge in [-0.15, -0.1) is 0 Å². The molecular formula is C19H28N2O7S. The normalized spacial score (nSPS) is 21.1. The lowest BCUT2D eigenvalue weighted by Crippen LogP contribution is -2.58. The molecule has 1 amide bonds. The highest BCUT2D eigenvalue weighted by atomic mass is 32.2. The zero-order valence-corrected chi connectivity index (χ0v) is 17.9. The number of sulfonamides is 1. The molecule has 2 fully saturated rings. The molecule has 2 saturated heterocycles. The second kappa shape index (κ2) is 8.45. The van der Waals surface area contributed by atoms with Crippen molar-refractivity contribution < 1.29 is 31.9 Å². The second-order valence-corrected chi connectivity index (χ2v) is 9.74. The average Bonchev–Trinajstić information content (AvgIpc) is 3.19. The lowest BCUT2D eigenvalue weighted by atomic mass is 9.93. The van der Waals surface area contributed by atoms with E-state index in [-0.39, 0.29) is 47.9 Å². The Hall–Kier alpha value is -1.91. The van der Waals surface area contributed by atoms with Gasteiger partial charge in [-0.05, 0) is 45.7 Å². The Bertz CT molecular complexity index is 854. The van der Waals surface area contributed by atoms with Crippen LogP contribution in [-0.4, -0.2) is 74.5 Å². The van der Waals surface area contributed by atoms with Gasteiger partial charge in [-0.25, -0.2) is 13.2 Å². The molecule has 0 spiro atoms. The summed E-state index contributed by atoms with van der Waals surface area (Å²) in [4.78, 5) is 26.5. The molecule has 0 radical (unpaired) electrons. The van der Waals surface area contributed by atoms with E-state index >= 15 is 0 Å². The number of hydrogen-bond acceptors (Lipinski definition) is 7. The zero-order valence-electron chi connectivity index (χ0n) is 17.0. The lowest BCUT2D eigenvalue weighted by Gasteiger charge is -2.44. The number of piperidine rings is 1. The van der Waals surface area contributed by atoms with Crippen LogP contribution in [0.4, 0.5) is 0 Å². The SMILES string of the molecule is CCOC(=O)c1ccc(S(=O)(=O)N2CCC(C(=O)N3CCOCC3(C)C)CC2)o1. The van der Waals surface area contributed by atoms with E-state index in [4.69, 9.17) is 13.9 Å². The summed E-state index contributed by atoms with van der Waals surface area (Å²) >= 11 is 0. The molecular weight excluding hydrogens is 400 g/mol. The summed E-state index contributed by atoms with van der Waals surface area (Å²) in [6, 6.07) is 2.55. The van der Waals surface area contributed by atoms with E-state index in [1.54, 1.807) is 6.92 Å². The largest absolute Gasteiger partial charge is 0.460 e. The van der Waals surface area contributed by atoms with Crippen LogP contribution in [0, 0.1) is 5.92 Å². The molecule has 3 rings (SSSR count). The van der Waals surface area contributed by atoms with Crippen molar-refractivity contribution in [3.63, 3.8) is 0 Å². The molecule has 1 aromatic heterocycles. The van der Waals surface area contributed by atoms with E-state index in [2.05, 4.69) is 0 Å². The van der Waals surface area contributed by atoms with Crippen LogP contribution in [0.5, 0.6) is 0 Å². The third-order valence-corrected chi connectivity index (χ3v) is 7.14. The molecule has 10 heteroatoms. The number of rotatable bonds is 5. The highest BCUT2D eigenvalue weighted by molar-refractivity contribution is 7.89. The Labute approximate surface area is 171 Å². The maximum atomic E-state index is 13.0. The summed E-state index contributed by atoms with van der Waals surface area (Å²) < 4.78 is 42.5. The summed E-state index contributed by atoms with van der Waals surface area (Å²) in [5.74, 6) is -1.01. The Balaban J connectivity index is 1.64. The summed E-state index contributed by atoms with van der Waals surface area (Å²) in [5, 5.41) is -0.292. The highest BCUT2D eigenvalue weighted by Crippen LogP contribution is 2.29. The first-order valence-electron chi connectivity index (χ1n) is 9.83. The molecule has 0 bridgehead atoms. The van der Waals surface area contributed by atoms with E-state index in [1.807, 2.05) is 18.7 Å². The smallest absolute Gasteiger partial charge is 0.374 e. The zero-order chi connectivity index (χ0) is 21.2. The van der Waals surface area contributed by atoms with Crippen molar-refractivity contribution in [2.24, 2.45) is 5.92 Å². The van der Waals surface area contributed by atoms with E-state index < -0.39 is 16.0 Å². The van der Waals surface area contributed by atoms with Crippen LogP contribution >= 0.6 is 0 Å². The topological polar surface area (TPSA) is 106 Å². The van der Waals surface area contributed by atoms with Gasteiger partial charge in [-0.1, -0.05) is 0 Å². The van der Waals surface area contributed by atoms with Crippen molar-refractivity contribution in [2.45, 2.75) is 44.2 Å². The monoisotopic (exact) mass is 428 g/mol. The third kappa shape index (κ3) is 4.49. The van der Waals surface area contributed by atoms with Gasteiger partial charge in [0.1, 0.15) is 0 Å². The molecule has 0 N–H and O–H groups in total. The van der Waals surface area contributed by atoms with E-state index in [9.17, 15) is 18.0 Å². The van der Waals surface area contributed by atoms with E-state index in [0.29, 0.717) is 32.6 Å². The van der Waals surface area contributed by atoms with Gasteiger partial charge in [-0.3, -0.25) is 4.79 Å². The number of furan rings is 1. The van der Waals surface area contributed by atoms with Crippen LogP contribution in [0.2, 0.25) is 0 Å². The van der Waals surface area contributed by atoms with E-state index in [1.165, 1.54) is 16.4 Å². The quantitative estimate of drug-likeness (QED) is 0.654. The summed E-state index contributed by atoms with van der Waals surface area (Å²) in [6.45, 7) is 7.77. The molecule has 29 heavy (non-hydrogen) atoms. The predicted octanol–water partition coefficient (Wildman–Crippen LogP) is 1.49. The molecule has 0 aliphatic carbocycles. The van der Waals surface area contributed by atoms with Crippen LogP contribution < -0.4 is 0 Å². The Morgan fingerprint density at radius 1 is 1.21 bits per heavy atom. The van der Waals surface area contributed by atoms with Crippen LogP contribution in [-0.2, 0) is 24.3 Å². The summed E-state index contributed by atoms with van der Waals surface area (Å²) in [6.07, 6.45) is 0.883. The van der Waals surface area contributed by atoms with Crippen LogP contribution in [0.1, 0.15) is 44.2 Å². The highest BCUT2D eigenvalue weighted by Gasteiger charge is 2.40. The maximum absolute atomic E-state index is 13.0. The molecule has 0 aromatic carbocycles. The molecule has 0 saturated carbocycles. The van der Waals surface area contributed by atoms with Gasteiger partial charge in [0.05, 0.1) is 25.4 Å². The number of morpholine rings is 1. The number of carbonyl (C=O) groups is 2. The first kappa shape index (κ1) is 21.8. The molecule has 1 aromatic rings. The number of esters is 1. The fourth-order valence-electron chi connectivity index (χ4n) is 3.73. The van der Waals surface area contributed by atoms with Gasteiger partial charge in [0.2, 0.25) is 16.8 Å². The van der Waals surface area contributed by atoms with Crippen molar-refractivity contribution in [2.75, 3.05) is 39.5 Å². The van der Waals surface area contributed by atoms with Crippen molar-refractivity contribution in [3.05, 3.63) is 17.9 Å². The standard InChI is InChI=1S/C19H28N2O7S/c1-4-27-18(23)15-5-6-16(28-15)29(24,25)20-9-7-14(8-10-20)17(22)21-11-12-26-13-19(21,2)3/h5-6,14H,4,7-13H2,1-3H3. The van der Waals surface area contributed by atoms with Gasteiger partial charge >= 0.3 is 5.97 Å². The molecule has 0 atom stereocenters. The Morgan fingerprint density at radius 3 is 2.52 bits per heavy atom. The van der Waals surface area contributed by atoms with Gasteiger partial charge in [0, 0.05) is 25.6 Å². The lowest BCUT2D eigenvalue weighted by molar-refractivity contribution is -0.152.